The number of rotatable bonds is 2. The van der Waals surface area contributed by atoms with Crippen LogP contribution < -0.4 is 4.90 Å². The van der Waals surface area contributed by atoms with Crippen LogP contribution in [0.3, 0.4) is 0 Å². The van der Waals surface area contributed by atoms with Gasteiger partial charge in [0, 0.05) is 24.8 Å². The molecule has 1 heterocycles. The van der Waals surface area contributed by atoms with Gasteiger partial charge in [0.05, 0.1) is 17.8 Å². The molecule has 0 fully saturated rings. The molecule has 0 saturated heterocycles. The van der Waals surface area contributed by atoms with E-state index in [-0.39, 0.29) is 24.8 Å². The molecule has 8 heteroatoms. The van der Waals surface area contributed by atoms with Crippen molar-refractivity contribution in [2.24, 2.45) is 4.99 Å². The Labute approximate surface area is 167 Å². The van der Waals surface area contributed by atoms with Gasteiger partial charge in [-0.1, -0.05) is 30.3 Å². The molecule has 0 radical (unpaired) electrons. The van der Waals surface area contributed by atoms with E-state index < -0.39 is 17.6 Å². The number of anilines is 1. The predicted octanol–water partition coefficient (Wildman–Crippen LogP) is 5.64. The van der Waals surface area contributed by atoms with Crippen molar-refractivity contribution in [2.75, 3.05) is 25.0 Å². The van der Waals surface area contributed by atoms with E-state index in [1.165, 1.54) is 6.07 Å². The van der Waals surface area contributed by atoms with Crippen LogP contribution in [0.15, 0.2) is 53.5 Å². The highest BCUT2D eigenvalue weighted by Crippen LogP contribution is 2.31. The largest absolute Gasteiger partial charge is 0.419 e. The van der Waals surface area contributed by atoms with Gasteiger partial charge in [0.1, 0.15) is 5.82 Å². The van der Waals surface area contributed by atoms with Gasteiger partial charge in [0.15, 0.2) is 0 Å². The summed E-state index contributed by atoms with van der Waals surface area (Å²) in [5.41, 5.74) is 1.78. The van der Waals surface area contributed by atoms with Crippen molar-refractivity contribution in [1.29, 1.82) is 0 Å². The zero-order valence-electron chi connectivity index (χ0n) is 14.3. The minimum atomic E-state index is -4.69. The molecule has 2 aromatic rings. The minimum Gasteiger partial charge on any atom is -0.372 e. The second kappa shape index (κ2) is 9.24. The standard InChI is InChI=1S/C19H16F4N2.2ClH/c1-25-11-10-24-17(14-4-2-3-5-18(14)25)9-7-13-6-8-15(16(20)12-13)19(21,22)23;;/h2-9,12H,10-11H2,1H3;2*1H/b9-7+;;. The fourth-order valence-electron chi connectivity index (χ4n) is 2.73. The maximum absolute atomic E-state index is 13.7. The fraction of sp³-hybridized carbons (Fsp3) is 0.211. The zero-order valence-corrected chi connectivity index (χ0v) is 16.0. The van der Waals surface area contributed by atoms with Crippen LogP contribution in [0, 0.1) is 5.82 Å². The average Bonchev–Trinajstić information content (AvgIpc) is 2.71. The molecule has 0 amide bonds. The van der Waals surface area contributed by atoms with E-state index in [0.717, 1.165) is 35.6 Å². The van der Waals surface area contributed by atoms with E-state index in [0.29, 0.717) is 12.1 Å². The first-order valence-electron chi connectivity index (χ1n) is 7.76. The summed E-state index contributed by atoms with van der Waals surface area (Å²) in [5.74, 6) is -1.28. The number of nitrogens with zero attached hydrogens (tertiary/aromatic N) is 2. The molecule has 0 atom stereocenters. The number of halogens is 6. The number of aliphatic imine (C=N–C) groups is 1. The summed E-state index contributed by atoms with van der Waals surface area (Å²) in [6.07, 6.45) is -1.41. The van der Waals surface area contributed by atoms with Crippen LogP contribution in [0.1, 0.15) is 16.7 Å². The number of fused-ring (bicyclic) bond motifs is 1. The summed E-state index contributed by atoms with van der Waals surface area (Å²) < 4.78 is 51.5. The number of allylic oxidation sites excluding steroid dienone is 1. The van der Waals surface area contributed by atoms with Crippen molar-refractivity contribution in [3.05, 3.63) is 71.0 Å². The Morgan fingerprint density at radius 3 is 2.41 bits per heavy atom. The van der Waals surface area contributed by atoms with Gasteiger partial charge in [0.2, 0.25) is 0 Å². The molecule has 2 nitrogen and oxygen atoms in total. The monoisotopic (exact) mass is 420 g/mol. The molecule has 3 rings (SSSR count). The lowest BCUT2D eigenvalue weighted by atomic mass is 10.0. The maximum Gasteiger partial charge on any atom is 0.419 e. The first kappa shape index (κ1) is 23.0. The number of benzene rings is 2. The summed E-state index contributed by atoms with van der Waals surface area (Å²) in [4.78, 5) is 6.62. The smallest absolute Gasteiger partial charge is 0.372 e. The number of alkyl halides is 3. The van der Waals surface area contributed by atoms with E-state index in [1.54, 1.807) is 12.2 Å². The second-order valence-corrected chi connectivity index (χ2v) is 5.78. The summed E-state index contributed by atoms with van der Waals surface area (Å²) in [5, 5.41) is 0. The molecule has 2 aromatic carbocycles. The predicted molar refractivity (Wildman–Crippen MR) is 106 cm³/mol. The first-order chi connectivity index (χ1) is 11.9. The lowest BCUT2D eigenvalue weighted by Gasteiger charge is -2.18. The normalized spacial score (nSPS) is 14.0. The highest BCUT2D eigenvalue weighted by atomic mass is 35.5. The maximum atomic E-state index is 13.7. The van der Waals surface area contributed by atoms with Crippen LogP contribution in [-0.2, 0) is 6.18 Å². The topological polar surface area (TPSA) is 15.6 Å². The summed E-state index contributed by atoms with van der Waals surface area (Å²) in [6, 6.07) is 10.7. The SMILES string of the molecule is CN1CCN=C(/C=C/c2ccc(C(F)(F)F)c(F)c2)c2ccccc21.Cl.Cl. The molecule has 0 N–H and O–H groups in total. The summed E-state index contributed by atoms with van der Waals surface area (Å²) >= 11 is 0. The van der Waals surface area contributed by atoms with E-state index in [4.69, 9.17) is 0 Å². The molecule has 0 aliphatic carbocycles. The third-order valence-corrected chi connectivity index (χ3v) is 4.04. The lowest BCUT2D eigenvalue weighted by Crippen LogP contribution is -2.20. The Balaban J connectivity index is 0.00000182. The van der Waals surface area contributed by atoms with Gasteiger partial charge in [-0.2, -0.15) is 13.2 Å². The van der Waals surface area contributed by atoms with Gasteiger partial charge in [0.25, 0.3) is 0 Å². The lowest BCUT2D eigenvalue weighted by molar-refractivity contribution is -0.140. The van der Waals surface area contributed by atoms with Crippen LogP contribution in [0.2, 0.25) is 0 Å². The highest BCUT2D eigenvalue weighted by molar-refractivity contribution is 6.14. The van der Waals surface area contributed by atoms with Crippen molar-refractivity contribution in [3.63, 3.8) is 0 Å². The fourth-order valence-corrected chi connectivity index (χ4v) is 2.73. The van der Waals surface area contributed by atoms with Crippen LogP contribution in [0.25, 0.3) is 6.08 Å². The quantitative estimate of drug-likeness (QED) is 0.573. The molecular formula is C19H18Cl2F4N2. The Morgan fingerprint density at radius 1 is 1.04 bits per heavy atom. The van der Waals surface area contributed by atoms with Crippen LogP contribution >= 0.6 is 24.8 Å². The number of hydrogen-bond acceptors (Lipinski definition) is 2. The van der Waals surface area contributed by atoms with Crippen molar-refractivity contribution in [3.8, 4) is 0 Å². The Hall–Kier alpha value is -2.05. The van der Waals surface area contributed by atoms with Gasteiger partial charge in [-0.05, 0) is 29.8 Å². The second-order valence-electron chi connectivity index (χ2n) is 5.78. The third-order valence-electron chi connectivity index (χ3n) is 4.04. The molecule has 0 aromatic heterocycles. The highest BCUT2D eigenvalue weighted by Gasteiger charge is 2.33. The molecule has 0 unspecified atom stereocenters. The van der Waals surface area contributed by atoms with E-state index in [2.05, 4.69) is 9.89 Å². The number of benzodiazepines with no additional fused rings is 1. The van der Waals surface area contributed by atoms with Crippen molar-refractivity contribution in [1.82, 2.24) is 0 Å². The Kier molecular flexibility index (Phi) is 7.87. The van der Waals surface area contributed by atoms with Crippen molar-refractivity contribution in [2.45, 2.75) is 6.18 Å². The molecule has 0 saturated carbocycles. The van der Waals surface area contributed by atoms with Crippen molar-refractivity contribution >= 4 is 42.3 Å². The van der Waals surface area contributed by atoms with Crippen LogP contribution in [0.5, 0.6) is 0 Å². The molecule has 0 spiro atoms. The summed E-state index contributed by atoms with van der Waals surface area (Å²) in [6.45, 7) is 1.37. The van der Waals surface area contributed by atoms with Gasteiger partial charge in [-0.25, -0.2) is 4.39 Å². The molecule has 27 heavy (non-hydrogen) atoms. The average molecular weight is 421 g/mol. The number of hydrogen-bond donors (Lipinski definition) is 0. The molecule has 1 aliphatic heterocycles. The van der Waals surface area contributed by atoms with Gasteiger partial charge in [-0.15, -0.1) is 24.8 Å². The molecule has 1 aliphatic rings. The molecular weight excluding hydrogens is 403 g/mol. The van der Waals surface area contributed by atoms with Crippen LogP contribution in [0.4, 0.5) is 23.2 Å². The molecule has 0 bridgehead atoms. The Bertz CT molecular complexity index is 848. The first-order valence-corrected chi connectivity index (χ1v) is 7.76. The minimum absolute atomic E-state index is 0. The van der Waals surface area contributed by atoms with Gasteiger partial charge in [-0.3, -0.25) is 4.99 Å². The molecule has 146 valence electrons. The summed E-state index contributed by atoms with van der Waals surface area (Å²) in [7, 11) is 1.98. The van der Waals surface area contributed by atoms with Crippen LogP contribution in [-0.4, -0.2) is 25.8 Å². The van der Waals surface area contributed by atoms with Crippen molar-refractivity contribution < 1.29 is 17.6 Å². The van der Waals surface area contributed by atoms with Gasteiger partial charge >= 0.3 is 6.18 Å². The number of likely N-dealkylation sites (N-methyl/N-ethyl adjacent to an activating group) is 1. The van der Waals surface area contributed by atoms with Gasteiger partial charge < -0.3 is 4.90 Å². The van der Waals surface area contributed by atoms with E-state index in [1.807, 2.05) is 31.3 Å². The third kappa shape index (κ3) is 5.23. The van der Waals surface area contributed by atoms with E-state index >= 15 is 0 Å². The Morgan fingerprint density at radius 2 is 1.74 bits per heavy atom. The zero-order chi connectivity index (χ0) is 18.0. The van der Waals surface area contributed by atoms with E-state index in [9.17, 15) is 17.6 Å². The number of para-hydroxylation sites is 1.